The third-order valence-electron chi connectivity index (χ3n) is 3.89. The van der Waals surface area contributed by atoms with Crippen molar-refractivity contribution in [2.24, 2.45) is 5.92 Å². The van der Waals surface area contributed by atoms with Gasteiger partial charge in [0.1, 0.15) is 10.3 Å². The molecule has 11 heteroatoms. The Kier molecular flexibility index (Phi) is 5.77. The minimum Gasteiger partial charge on any atom is -0.618 e. The van der Waals surface area contributed by atoms with Crippen LogP contribution in [0.3, 0.4) is 0 Å². The number of fused-ring (bicyclic) bond motifs is 1. The van der Waals surface area contributed by atoms with Crippen LogP contribution < -0.4 is 4.73 Å². The highest BCUT2D eigenvalue weighted by Crippen LogP contribution is 2.48. The number of benzene rings is 1. The van der Waals surface area contributed by atoms with Crippen molar-refractivity contribution in [3.8, 4) is 0 Å². The molecule has 144 valence electrons. The number of hydrogen-bond acceptors (Lipinski definition) is 4. The van der Waals surface area contributed by atoms with Gasteiger partial charge in [-0.3, -0.25) is 4.79 Å². The van der Waals surface area contributed by atoms with E-state index >= 15 is 0 Å². The number of rotatable bonds is 3. The van der Waals surface area contributed by atoms with Crippen molar-refractivity contribution in [1.82, 2.24) is 0 Å². The molecular weight excluding hydrogens is 446 g/mol. The van der Waals surface area contributed by atoms with Gasteiger partial charge >= 0.3 is 12.1 Å². The molecule has 1 aliphatic heterocycles. The third kappa shape index (κ3) is 4.26. The minimum absolute atomic E-state index is 0.137. The van der Waals surface area contributed by atoms with Crippen LogP contribution in [0.25, 0.3) is 0 Å². The summed E-state index contributed by atoms with van der Waals surface area (Å²) in [6, 6.07) is 5.86. The topological polar surface area (TPSA) is 64.2 Å². The summed E-state index contributed by atoms with van der Waals surface area (Å²) in [5.74, 6) is -3.10. The number of nitrogens with zero attached hydrogens (tertiary/aromatic N) is 1. The summed E-state index contributed by atoms with van der Waals surface area (Å²) in [5, 5.41) is 19.5. The van der Waals surface area contributed by atoms with E-state index in [9.17, 15) is 28.3 Å². The number of carboxylic acids is 1. The van der Waals surface area contributed by atoms with Gasteiger partial charge in [-0.05, 0) is 41.9 Å². The Morgan fingerprint density at radius 2 is 2.04 bits per heavy atom. The summed E-state index contributed by atoms with van der Waals surface area (Å²) in [6.45, 7) is 0. The minimum atomic E-state index is -4.67. The molecule has 1 N–H and O–H groups in total. The Bertz CT molecular complexity index is 891. The van der Waals surface area contributed by atoms with Crippen molar-refractivity contribution >= 4 is 52.7 Å². The standard InChI is InChI=1S/C16H10Cl2F3NO3S2/c17-9-2-1-3-22(25)14(9)27-12-6-11-7(5-10(12)18)4-8(15(23)24)13(26-11)16(19,20)21/h1-3,5-6,8,13H,4H2,(H,23,24). The zero-order valence-electron chi connectivity index (χ0n) is 13.2. The van der Waals surface area contributed by atoms with Crippen LogP contribution in [-0.2, 0) is 11.2 Å². The molecule has 0 saturated heterocycles. The first-order valence-electron chi connectivity index (χ1n) is 7.42. The van der Waals surface area contributed by atoms with E-state index in [-0.39, 0.29) is 26.4 Å². The van der Waals surface area contributed by atoms with Gasteiger partial charge in [-0.2, -0.15) is 17.9 Å². The molecule has 0 saturated carbocycles. The number of alkyl halides is 3. The molecule has 4 nitrogen and oxygen atoms in total. The molecule has 3 rings (SSSR count). The summed E-state index contributed by atoms with van der Waals surface area (Å²) in [4.78, 5) is 11.9. The average molecular weight is 456 g/mol. The number of carboxylic acid groups (broad SMARTS) is 1. The molecule has 0 bridgehead atoms. The number of aromatic nitrogens is 1. The average Bonchev–Trinajstić information content (AvgIpc) is 2.56. The lowest BCUT2D eigenvalue weighted by molar-refractivity contribution is -0.645. The normalized spacial score (nSPS) is 19.6. The highest BCUT2D eigenvalue weighted by atomic mass is 35.5. The molecular formula is C16H10Cl2F3NO3S2. The number of halogens is 5. The molecule has 1 aliphatic rings. The van der Waals surface area contributed by atoms with E-state index in [0.717, 1.165) is 11.8 Å². The van der Waals surface area contributed by atoms with E-state index in [2.05, 4.69) is 0 Å². The molecule has 0 aliphatic carbocycles. The zero-order valence-corrected chi connectivity index (χ0v) is 16.3. The van der Waals surface area contributed by atoms with Crippen molar-refractivity contribution < 1.29 is 27.8 Å². The predicted octanol–water partition coefficient (Wildman–Crippen LogP) is 5.06. The second-order valence-electron chi connectivity index (χ2n) is 5.71. The Morgan fingerprint density at radius 1 is 1.33 bits per heavy atom. The molecule has 2 unspecified atom stereocenters. The fourth-order valence-corrected chi connectivity index (χ4v) is 5.42. The van der Waals surface area contributed by atoms with Gasteiger partial charge in [0.15, 0.2) is 6.20 Å². The van der Waals surface area contributed by atoms with Crippen molar-refractivity contribution in [2.75, 3.05) is 0 Å². The number of pyridine rings is 1. The smallest absolute Gasteiger partial charge is 0.401 e. The Labute approximate surface area is 170 Å². The number of carbonyl (C=O) groups is 1. The lowest BCUT2D eigenvalue weighted by Crippen LogP contribution is -2.41. The maximum absolute atomic E-state index is 13.3. The van der Waals surface area contributed by atoms with E-state index in [1.807, 2.05) is 0 Å². The fraction of sp³-hybridized carbons (Fsp3) is 0.250. The Morgan fingerprint density at radius 3 is 2.63 bits per heavy atom. The highest BCUT2D eigenvalue weighted by Gasteiger charge is 2.50. The second-order valence-corrected chi connectivity index (χ2v) is 8.74. The maximum atomic E-state index is 13.3. The van der Waals surface area contributed by atoms with Gasteiger partial charge in [-0.25, -0.2) is 0 Å². The fourth-order valence-electron chi connectivity index (χ4n) is 2.65. The van der Waals surface area contributed by atoms with Crippen LogP contribution in [0.5, 0.6) is 0 Å². The van der Waals surface area contributed by atoms with Gasteiger partial charge in [0.25, 0.3) is 5.03 Å². The number of aliphatic carboxylic acids is 1. The van der Waals surface area contributed by atoms with Crippen LogP contribution >= 0.6 is 46.7 Å². The number of thioether (sulfide) groups is 1. The monoisotopic (exact) mass is 455 g/mol. The lowest BCUT2D eigenvalue weighted by Gasteiger charge is -2.31. The maximum Gasteiger partial charge on any atom is 0.401 e. The molecule has 0 amide bonds. The van der Waals surface area contributed by atoms with E-state index < -0.39 is 23.3 Å². The summed E-state index contributed by atoms with van der Waals surface area (Å²) in [6.07, 6.45) is -3.70. The largest absolute Gasteiger partial charge is 0.618 e. The first-order chi connectivity index (χ1) is 12.6. The van der Waals surface area contributed by atoms with E-state index in [1.54, 1.807) is 0 Å². The van der Waals surface area contributed by atoms with Gasteiger partial charge in [-0.1, -0.05) is 23.2 Å². The third-order valence-corrected chi connectivity index (χ3v) is 7.37. The molecule has 27 heavy (non-hydrogen) atoms. The predicted molar refractivity (Wildman–Crippen MR) is 96.5 cm³/mol. The first kappa shape index (κ1) is 20.4. The van der Waals surface area contributed by atoms with Crippen LogP contribution in [0.15, 0.2) is 45.3 Å². The lowest BCUT2D eigenvalue weighted by atomic mass is 9.94. The van der Waals surface area contributed by atoms with Crippen LogP contribution in [0, 0.1) is 11.1 Å². The van der Waals surface area contributed by atoms with Crippen molar-refractivity contribution in [1.29, 1.82) is 0 Å². The van der Waals surface area contributed by atoms with Gasteiger partial charge in [0, 0.05) is 15.9 Å². The summed E-state index contributed by atoms with van der Waals surface area (Å²) < 4.78 is 40.4. The first-order valence-corrected chi connectivity index (χ1v) is 9.87. The molecule has 1 aromatic heterocycles. The summed E-state index contributed by atoms with van der Waals surface area (Å²) >= 11 is 13.6. The summed E-state index contributed by atoms with van der Waals surface area (Å²) in [5.41, 5.74) is 0.427. The molecule has 0 spiro atoms. The molecule has 0 fully saturated rings. The van der Waals surface area contributed by atoms with Gasteiger partial charge in [0.05, 0.1) is 10.9 Å². The van der Waals surface area contributed by atoms with Crippen LogP contribution in [0.2, 0.25) is 10.0 Å². The van der Waals surface area contributed by atoms with Gasteiger partial charge in [-0.15, -0.1) is 11.8 Å². The molecule has 2 aromatic rings. The van der Waals surface area contributed by atoms with Crippen molar-refractivity contribution in [3.63, 3.8) is 0 Å². The molecule has 0 radical (unpaired) electrons. The van der Waals surface area contributed by atoms with Crippen LogP contribution in [0.1, 0.15) is 5.56 Å². The van der Waals surface area contributed by atoms with E-state index in [1.165, 1.54) is 30.5 Å². The van der Waals surface area contributed by atoms with Crippen molar-refractivity contribution in [2.45, 2.75) is 32.7 Å². The quantitative estimate of drug-likeness (QED) is 0.517. The number of hydrogen-bond donors (Lipinski definition) is 1. The Hall–Kier alpha value is -1.29. The van der Waals surface area contributed by atoms with Crippen LogP contribution in [0.4, 0.5) is 13.2 Å². The molecule has 1 aromatic carbocycles. The Balaban J connectivity index is 2.00. The van der Waals surface area contributed by atoms with Crippen molar-refractivity contribution in [3.05, 3.63) is 51.3 Å². The van der Waals surface area contributed by atoms with E-state index in [0.29, 0.717) is 27.0 Å². The van der Waals surface area contributed by atoms with E-state index in [4.69, 9.17) is 23.2 Å². The van der Waals surface area contributed by atoms with Gasteiger partial charge < -0.3 is 10.3 Å². The molecule has 2 atom stereocenters. The van der Waals surface area contributed by atoms with Crippen LogP contribution in [-0.4, -0.2) is 22.5 Å². The summed E-state index contributed by atoms with van der Waals surface area (Å²) in [7, 11) is 0. The SMILES string of the molecule is O=C(O)C1Cc2cc(Cl)c(Sc3c(Cl)ccc[n+]3[O-])cc2SC1C(F)(F)F. The second kappa shape index (κ2) is 7.62. The molecule has 2 heterocycles. The zero-order chi connectivity index (χ0) is 19.9. The van der Waals surface area contributed by atoms with Gasteiger partial charge in [0.2, 0.25) is 0 Å². The highest BCUT2D eigenvalue weighted by molar-refractivity contribution is 8.00.